The predicted octanol–water partition coefficient (Wildman–Crippen LogP) is 3.86. The van der Waals surface area contributed by atoms with Gasteiger partial charge in [-0.15, -0.1) is 11.8 Å². The second-order valence-corrected chi connectivity index (χ2v) is 6.94. The highest BCUT2D eigenvalue weighted by atomic mass is 35.5. The molecule has 0 heterocycles. The summed E-state index contributed by atoms with van der Waals surface area (Å²) in [7, 11) is 1.43. The maximum atomic E-state index is 12.1. The molecule has 0 bridgehead atoms. The zero-order chi connectivity index (χ0) is 18.4. The molecule has 0 saturated heterocycles. The summed E-state index contributed by atoms with van der Waals surface area (Å²) in [6.07, 6.45) is 0. The highest BCUT2D eigenvalue weighted by molar-refractivity contribution is 8.00. The second kappa shape index (κ2) is 8.99. The fraction of sp³-hybridized carbons (Fsp3) is 0.176. The largest absolute Gasteiger partial charge is 0.494 e. The van der Waals surface area contributed by atoms with E-state index in [4.69, 9.17) is 27.9 Å². The van der Waals surface area contributed by atoms with Crippen LogP contribution in [0.15, 0.2) is 41.3 Å². The van der Waals surface area contributed by atoms with Crippen LogP contribution in [0.3, 0.4) is 0 Å². The van der Waals surface area contributed by atoms with Crippen LogP contribution < -0.4 is 15.6 Å². The van der Waals surface area contributed by atoms with Gasteiger partial charge in [-0.25, -0.2) is 0 Å². The van der Waals surface area contributed by atoms with Gasteiger partial charge in [0.05, 0.1) is 22.9 Å². The van der Waals surface area contributed by atoms with E-state index in [1.807, 2.05) is 31.2 Å². The average molecular weight is 399 g/mol. The Morgan fingerprint density at radius 3 is 2.24 bits per heavy atom. The Hall–Kier alpha value is -1.89. The van der Waals surface area contributed by atoms with E-state index in [0.717, 1.165) is 10.5 Å². The van der Waals surface area contributed by atoms with Crippen LogP contribution >= 0.6 is 35.0 Å². The Morgan fingerprint density at radius 2 is 1.68 bits per heavy atom. The summed E-state index contributed by atoms with van der Waals surface area (Å²) in [5, 5.41) is 0.419. The third-order valence-corrected chi connectivity index (χ3v) is 4.74. The van der Waals surface area contributed by atoms with Crippen molar-refractivity contribution in [3.63, 3.8) is 0 Å². The Morgan fingerprint density at radius 1 is 1.08 bits per heavy atom. The number of hydrogen-bond donors (Lipinski definition) is 2. The molecule has 2 aromatic carbocycles. The van der Waals surface area contributed by atoms with Crippen molar-refractivity contribution in [3.05, 3.63) is 57.6 Å². The lowest BCUT2D eigenvalue weighted by molar-refractivity contribution is -0.119. The van der Waals surface area contributed by atoms with Crippen LogP contribution in [-0.2, 0) is 4.79 Å². The van der Waals surface area contributed by atoms with Crippen molar-refractivity contribution in [1.82, 2.24) is 10.9 Å². The number of hydrazine groups is 1. The average Bonchev–Trinajstić information content (AvgIpc) is 2.58. The molecule has 2 rings (SSSR count). The number of nitrogens with one attached hydrogen (secondary N) is 2. The molecular weight excluding hydrogens is 383 g/mol. The van der Waals surface area contributed by atoms with E-state index in [0.29, 0.717) is 5.75 Å². The van der Waals surface area contributed by atoms with Gasteiger partial charge in [-0.3, -0.25) is 20.4 Å². The maximum absolute atomic E-state index is 12.1. The van der Waals surface area contributed by atoms with Crippen molar-refractivity contribution < 1.29 is 14.3 Å². The highest BCUT2D eigenvalue weighted by Gasteiger charge is 2.14. The van der Waals surface area contributed by atoms with Crippen LogP contribution in [-0.4, -0.2) is 24.7 Å². The third kappa shape index (κ3) is 5.56. The first kappa shape index (κ1) is 19.4. The fourth-order valence-corrected chi connectivity index (χ4v) is 3.24. The van der Waals surface area contributed by atoms with E-state index >= 15 is 0 Å². The van der Waals surface area contributed by atoms with Crippen LogP contribution in [0.25, 0.3) is 0 Å². The summed E-state index contributed by atoms with van der Waals surface area (Å²) in [5.41, 5.74) is 6.04. The lowest BCUT2D eigenvalue weighted by Gasteiger charge is -2.10. The Bertz CT molecular complexity index is 759. The summed E-state index contributed by atoms with van der Waals surface area (Å²) in [4.78, 5) is 24.9. The quantitative estimate of drug-likeness (QED) is 0.592. The number of hydrogen-bond acceptors (Lipinski definition) is 4. The van der Waals surface area contributed by atoms with Gasteiger partial charge in [0.2, 0.25) is 5.91 Å². The van der Waals surface area contributed by atoms with Gasteiger partial charge in [-0.2, -0.15) is 0 Å². The molecule has 2 amide bonds. The minimum Gasteiger partial charge on any atom is -0.494 e. The van der Waals surface area contributed by atoms with E-state index < -0.39 is 5.91 Å². The van der Waals surface area contributed by atoms with Gasteiger partial charge in [0.1, 0.15) is 0 Å². The number of carbonyl (C=O) groups is 2. The molecule has 2 N–H and O–H groups in total. The minimum atomic E-state index is -0.528. The number of aryl methyl sites for hydroxylation is 1. The number of rotatable bonds is 5. The molecule has 8 heteroatoms. The van der Waals surface area contributed by atoms with Crippen molar-refractivity contribution >= 4 is 46.8 Å². The summed E-state index contributed by atoms with van der Waals surface area (Å²) < 4.78 is 5.02. The van der Waals surface area contributed by atoms with E-state index in [1.54, 1.807) is 0 Å². The molecule has 0 aliphatic heterocycles. The number of benzene rings is 2. The number of thioether (sulfide) groups is 1. The highest BCUT2D eigenvalue weighted by Crippen LogP contribution is 2.33. The smallest absolute Gasteiger partial charge is 0.269 e. The first-order valence-electron chi connectivity index (χ1n) is 7.22. The van der Waals surface area contributed by atoms with Crippen molar-refractivity contribution in [3.8, 4) is 5.75 Å². The third-order valence-electron chi connectivity index (χ3n) is 3.17. The first-order chi connectivity index (χ1) is 11.9. The molecule has 0 aromatic heterocycles. The van der Waals surface area contributed by atoms with E-state index in [9.17, 15) is 9.59 Å². The molecule has 0 radical (unpaired) electrons. The zero-order valence-corrected chi connectivity index (χ0v) is 15.9. The van der Waals surface area contributed by atoms with E-state index in [2.05, 4.69) is 10.9 Å². The van der Waals surface area contributed by atoms with Gasteiger partial charge in [-0.05, 0) is 31.2 Å². The molecule has 0 atom stereocenters. The topological polar surface area (TPSA) is 67.4 Å². The van der Waals surface area contributed by atoms with E-state index in [1.165, 1.54) is 31.0 Å². The number of carbonyl (C=O) groups excluding carboxylic acids is 2. The fourth-order valence-electron chi connectivity index (χ4n) is 1.90. The summed E-state index contributed by atoms with van der Waals surface area (Å²) >= 11 is 13.4. The lowest BCUT2D eigenvalue weighted by Crippen LogP contribution is -2.42. The summed E-state index contributed by atoms with van der Waals surface area (Å²) in [5.74, 6) is -0.392. The minimum absolute atomic E-state index is 0.174. The van der Waals surface area contributed by atoms with Gasteiger partial charge in [-0.1, -0.05) is 40.9 Å². The molecule has 0 unspecified atom stereocenters. The summed E-state index contributed by atoms with van der Waals surface area (Å²) in [6, 6.07) is 10.6. The van der Waals surface area contributed by atoms with Gasteiger partial charge < -0.3 is 4.74 Å². The molecule has 5 nitrogen and oxygen atoms in total. The molecule has 0 aliphatic rings. The Kier molecular flexibility index (Phi) is 6.99. The first-order valence-corrected chi connectivity index (χ1v) is 8.96. The molecule has 0 saturated carbocycles. The van der Waals surface area contributed by atoms with Gasteiger partial charge in [0.25, 0.3) is 5.91 Å². The van der Waals surface area contributed by atoms with Crippen LogP contribution in [0, 0.1) is 6.92 Å². The Balaban J connectivity index is 1.87. The lowest BCUT2D eigenvalue weighted by atomic mass is 10.2. The Labute approximate surface area is 160 Å². The number of methoxy groups -OCH3 is 1. The van der Waals surface area contributed by atoms with Crippen molar-refractivity contribution in [2.24, 2.45) is 0 Å². The summed E-state index contributed by atoms with van der Waals surface area (Å²) in [6.45, 7) is 1.99. The molecule has 0 spiro atoms. The van der Waals surface area contributed by atoms with Gasteiger partial charge >= 0.3 is 0 Å². The van der Waals surface area contributed by atoms with Crippen LogP contribution in [0.5, 0.6) is 5.75 Å². The van der Waals surface area contributed by atoms with Crippen LogP contribution in [0.1, 0.15) is 15.9 Å². The number of halogens is 2. The SMILES string of the molecule is COc1c(Cl)cc(C(=O)NNC(=O)CSc2ccc(C)cc2)cc1Cl. The number of amides is 2. The van der Waals surface area contributed by atoms with Crippen molar-refractivity contribution in [2.45, 2.75) is 11.8 Å². The number of ether oxygens (including phenoxy) is 1. The van der Waals surface area contributed by atoms with E-state index in [-0.39, 0.29) is 27.3 Å². The van der Waals surface area contributed by atoms with Gasteiger partial charge in [0.15, 0.2) is 5.75 Å². The van der Waals surface area contributed by atoms with Gasteiger partial charge in [0, 0.05) is 10.5 Å². The standard InChI is InChI=1S/C17H16Cl2N2O3S/c1-10-3-5-12(6-4-10)25-9-15(22)20-21-17(23)11-7-13(18)16(24-2)14(19)8-11/h3-8H,9H2,1-2H3,(H,20,22)(H,21,23). The predicted molar refractivity (Wildman–Crippen MR) is 101 cm³/mol. The van der Waals surface area contributed by atoms with Crippen molar-refractivity contribution in [1.29, 1.82) is 0 Å². The maximum Gasteiger partial charge on any atom is 0.269 e. The molecular formula is C17H16Cl2N2O3S. The van der Waals surface area contributed by atoms with Crippen LogP contribution in [0.4, 0.5) is 0 Å². The van der Waals surface area contributed by atoms with Crippen LogP contribution in [0.2, 0.25) is 10.0 Å². The monoisotopic (exact) mass is 398 g/mol. The normalized spacial score (nSPS) is 10.2. The molecule has 25 heavy (non-hydrogen) atoms. The molecule has 132 valence electrons. The second-order valence-electron chi connectivity index (χ2n) is 5.08. The molecule has 2 aromatic rings. The zero-order valence-electron chi connectivity index (χ0n) is 13.6. The molecule has 0 fully saturated rings. The van der Waals surface area contributed by atoms with Crippen molar-refractivity contribution in [2.75, 3.05) is 12.9 Å². The molecule has 0 aliphatic carbocycles.